The highest BCUT2D eigenvalue weighted by Gasteiger charge is 2.48. The van der Waals surface area contributed by atoms with Gasteiger partial charge in [-0.2, -0.15) is 22.7 Å². The Kier molecular flexibility index (Phi) is 8.64. The standard InChI is InChI=1S/C36H30ClF3N8O6/c37-22-16-21(36(38,39)40)7-8-24(22)43-28(51)17-47-25-18-54-35(11-14-46(15-12-35)33(53)30-26(49)2-1-13-41-30)29(25)32(52)48-34(47)44-31(45-48)20-5-3-19(4-6-20)23-9-10-27(50)42-23/h1-8,13,16,23,49H,9-12,14-15,17-18H2,(H,42,50)(H,43,51). The van der Waals surface area contributed by atoms with Gasteiger partial charge in [0.05, 0.1) is 40.2 Å². The Bertz CT molecular complexity index is 2410. The SMILES string of the molecule is O=C(Cn1c2c(c(=O)n3nc(-c4ccc(C5CCC(=O)N5)cc4)nc13)C1(CCN(C(=O)c3ncccc3O)CC1)OC2)Nc1ccc(C(F)(F)F)cc1Cl. The maximum atomic E-state index is 14.4. The fraction of sp³-hybridized carbons (Fsp3) is 0.306. The largest absolute Gasteiger partial charge is 0.505 e. The molecule has 278 valence electrons. The van der Waals surface area contributed by atoms with Crippen LogP contribution in [-0.4, -0.2) is 65.0 Å². The Balaban J connectivity index is 1.15. The molecule has 18 heteroatoms. The fourth-order valence-electron chi connectivity index (χ4n) is 7.31. The second kappa shape index (κ2) is 13.2. The van der Waals surface area contributed by atoms with Crippen LogP contribution in [0.4, 0.5) is 18.9 Å². The molecule has 3 N–H and O–H groups in total. The van der Waals surface area contributed by atoms with E-state index < -0.39 is 41.3 Å². The average molecular weight is 763 g/mol. The van der Waals surface area contributed by atoms with Gasteiger partial charge in [0, 0.05) is 31.3 Å². The summed E-state index contributed by atoms with van der Waals surface area (Å²) in [7, 11) is 0. The Labute approximate surface area is 308 Å². The van der Waals surface area contributed by atoms with Crippen LogP contribution in [-0.2, 0) is 39.3 Å². The third-order valence-electron chi connectivity index (χ3n) is 10.1. The van der Waals surface area contributed by atoms with E-state index in [1.807, 2.05) is 12.1 Å². The lowest BCUT2D eigenvalue weighted by molar-refractivity contribution is -0.137. The van der Waals surface area contributed by atoms with Crippen LogP contribution in [0.1, 0.15) is 64.6 Å². The van der Waals surface area contributed by atoms with Crippen LogP contribution in [0, 0.1) is 0 Å². The number of alkyl halides is 3. The molecular weight excluding hydrogens is 733 g/mol. The number of carbonyl (C=O) groups excluding carboxylic acids is 3. The van der Waals surface area contributed by atoms with Crippen molar-refractivity contribution >= 4 is 40.8 Å². The van der Waals surface area contributed by atoms with E-state index in [9.17, 15) is 37.5 Å². The van der Waals surface area contributed by atoms with Gasteiger partial charge in [0.25, 0.3) is 11.5 Å². The molecule has 1 unspecified atom stereocenters. The van der Waals surface area contributed by atoms with Gasteiger partial charge in [-0.1, -0.05) is 35.9 Å². The molecule has 0 radical (unpaired) electrons. The zero-order valence-corrected chi connectivity index (χ0v) is 28.9. The average Bonchev–Trinajstić information content (AvgIpc) is 3.89. The summed E-state index contributed by atoms with van der Waals surface area (Å²) in [6.07, 6.45) is -1.73. The molecule has 1 spiro atoms. The Morgan fingerprint density at radius 1 is 1.09 bits per heavy atom. The minimum Gasteiger partial charge on any atom is -0.505 e. The summed E-state index contributed by atoms with van der Waals surface area (Å²) in [5, 5.41) is 19.9. The van der Waals surface area contributed by atoms with Crippen molar-refractivity contribution in [2.24, 2.45) is 0 Å². The Hall–Kier alpha value is -5.81. The number of halogens is 4. The predicted molar refractivity (Wildman–Crippen MR) is 185 cm³/mol. The molecule has 3 amide bonds. The molecule has 1 atom stereocenters. The molecule has 0 saturated carbocycles. The second-order valence-electron chi connectivity index (χ2n) is 13.3. The Morgan fingerprint density at radius 3 is 2.52 bits per heavy atom. The van der Waals surface area contributed by atoms with Gasteiger partial charge in [0.15, 0.2) is 11.5 Å². The number of amides is 3. The smallest absolute Gasteiger partial charge is 0.416 e. The highest BCUT2D eigenvalue weighted by atomic mass is 35.5. The highest BCUT2D eigenvalue weighted by Crippen LogP contribution is 2.43. The molecule has 8 rings (SSSR count). The van der Waals surface area contributed by atoms with E-state index in [0.29, 0.717) is 30.2 Å². The monoisotopic (exact) mass is 762 g/mol. The van der Waals surface area contributed by atoms with Crippen LogP contribution in [0.25, 0.3) is 17.2 Å². The first-order valence-electron chi connectivity index (χ1n) is 17.0. The lowest BCUT2D eigenvalue weighted by atomic mass is 9.85. The summed E-state index contributed by atoms with van der Waals surface area (Å²) in [6, 6.07) is 12.6. The van der Waals surface area contributed by atoms with Crippen LogP contribution in [0.2, 0.25) is 5.02 Å². The number of aromatic nitrogens is 5. The molecule has 2 fully saturated rings. The molecule has 2 aromatic carbocycles. The lowest BCUT2D eigenvalue weighted by Gasteiger charge is -2.38. The van der Waals surface area contributed by atoms with E-state index in [-0.39, 0.29) is 83.8 Å². The van der Waals surface area contributed by atoms with Crippen molar-refractivity contribution in [3.05, 3.63) is 104 Å². The van der Waals surface area contributed by atoms with Crippen molar-refractivity contribution in [1.29, 1.82) is 0 Å². The second-order valence-corrected chi connectivity index (χ2v) is 13.7. The molecule has 0 bridgehead atoms. The molecule has 3 aromatic heterocycles. The normalized spacial score (nSPS) is 17.9. The molecule has 3 aliphatic rings. The minimum absolute atomic E-state index is 0.0217. The number of rotatable bonds is 6. The lowest BCUT2D eigenvalue weighted by Crippen LogP contribution is -2.47. The zero-order chi connectivity index (χ0) is 37.9. The number of pyridine rings is 1. The fourth-order valence-corrected chi connectivity index (χ4v) is 7.53. The van der Waals surface area contributed by atoms with Crippen molar-refractivity contribution < 1.29 is 37.4 Å². The maximum absolute atomic E-state index is 14.4. The summed E-state index contributed by atoms with van der Waals surface area (Å²) in [4.78, 5) is 63.1. The predicted octanol–water partition coefficient (Wildman–Crippen LogP) is 4.58. The molecule has 6 heterocycles. The van der Waals surface area contributed by atoms with Gasteiger partial charge in [-0.3, -0.25) is 19.2 Å². The van der Waals surface area contributed by atoms with E-state index in [1.165, 1.54) is 27.8 Å². The number of hydrogen-bond acceptors (Lipinski definition) is 9. The number of carbonyl (C=O) groups is 3. The quantitative estimate of drug-likeness (QED) is 0.224. The molecule has 2 saturated heterocycles. The number of likely N-dealkylation sites (tertiary alicyclic amines) is 1. The molecule has 54 heavy (non-hydrogen) atoms. The number of aromatic hydroxyl groups is 1. The third-order valence-corrected chi connectivity index (χ3v) is 10.4. The van der Waals surface area contributed by atoms with E-state index in [4.69, 9.17) is 16.3 Å². The van der Waals surface area contributed by atoms with Crippen molar-refractivity contribution in [2.75, 3.05) is 18.4 Å². The molecule has 3 aliphatic heterocycles. The van der Waals surface area contributed by atoms with Gasteiger partial charge >= 0.3 is 6.18 Å². The van der Waals surface area contributed by atoms with Crippen molar-refractivity contribution in [2.45, 2.75) is 56.7 Å². The highest BCUT2D eigenvalue weighted by molar-refractivity contribution is 6.33. The van der Waals surface area contributed by atoms with E-state index >= 15 is 0 Å². The van der Waals surface area contributed by atoms with Crippen LogP contribution >= 0.6 is 11.6 Å². The molecular formula is C36H30ClF3N8O6. The third kappa shape index (κ3) is 6.22. The molecule has 5 aromatic rings. The molecule has 0 aliphatic carbocycles. The topological polar surface area (TPSA) is 173 Å². The Morgan fingerprint density at radius 2 is 1.85 bits per heavy atom. The number of piperidine rings is 1. The van der Waals surface area contributed by atoms with Crippen LogP contribution < -0.4 is 16.2 Å². The zero-order valence-electron chi connectivity index (χ0n) is 28.2. The van der Waals surface area contributed by atoms with Gasteiger partial charge in [0.1, 0.15) is 17.9 Å². The molecule has 14 nitrogen and oxygen atoms in total. The van der Waals surface area contributed by atoms with Crippen LogP contribution in [0.5, 0.6) is 5.75 Å². The van der Waals surface area contributed by atoms with E-state index in [1.54, 1.807) is 12.1 Å². The van der Waals surface area contributed by atoms with Gasteiger partial charge in [-0.25, -0.2) is 4.98 Å². The van der Waals surface area contributed by atoms with Crippen LogP contribution in [0.15, 0.2) is 65.6 Å². The van der Waals surface area contributed by atoms with Crippen molar-refractivity contribution in [1.82, 2.24) is 34.4 Å². The summed E-state index contributed by atoms with van der Waals surface area (Å²) in [5.74, 6) is -1.23. The van der Waals surface area contributed by atoms with Crippen molar-refractivity contribution in [3.8, 4) is 17.1 Å². The van der Waals surface area contributed by atoms with E-state index in [0.717, 1.165) is 22.2 Å². The van der Waals surface area contributed by atoms with Crippen LogP contribution in [0.3, 0.4) is 0 Å². The maximum Gasteiger partial charge on any atom is 0.416 e. The number of ether oxygens (including phenoxy) is 1. The van der Waals surface area contributed by atoms with Gasteiger partial charge < -0.3 is 29.9 Å². The number of fused-ring (bicyclic) bond motifs is 3. The first-order chi connectivity index (χ1) is 25.8. The van der Waals surface area contributed by atoms with Gasteiger partial charge in [-0.05, 0) is 55.2 Å². The number of anilines is 1. The summed E-state index contributed by atoms with van der Waals surface area (Å²) < 4.78 is 48.7. The summed E-state index contributed by atoms with van der Waals surface area (Å²) in [6.45, 7) is -0.205. The summed E-state index contributed by atoms with van der Waals surface area (Å²) in [5.41, 5.74) is -0.740. The van der Waals surface area contributed by atoms with E-state index in [2.05, 4.69) is 25.7 Å². The summed E-state index contributed by atoms with van der Waals surface area (Å²) >= 11 is 6.13. The number of nitrogens with one attached hydrogen (secondary N) is 2. The minimum atomic E-state index is -4.63. The first-order valence-corrected chi connectivity index (χ1v) is 17.4. The van der Waals surface area contributed by atoms with Crippen molar-refractivity contribution in [3.63, 3.8) is 0 Å². The van der Waals surface area contributed by atoms with Gasteiger partial charge in [-0.15, -0.1) is 5.10 Å². The number of hydrogen-bond donors (Lipinski definition) is 3. The number of benzene rings is 2. The first kappa shape index (κ1) is 35.2. The van der Waals surface area contributed by atoms with Gasteiger partial charge in [0.2, 0.25) is 17.6 Å². The number of nitrogens with zero attached hydrogens (tertiary/aromatic N) is 6.